The summed E-state index contributed by atoms with van der Waals surface area (Å²) in [7, 11) is 0. The van der Waals surface area contributed by atoms with Crippen molar-refractivity contribution in [3.63, 3.8) is 0 Å². The molecule has 188 valence electrons. The molecule has 36 heavy (non-hydrogen) atoms. The number of carbonyl (C=O) groups is 2. The minimum absolute atomic E-state index is 0.0333. The molecule has 4 heterocycles. The van der Waals surface area contributed by atoms with Crippen molar-refractivity contribution >= 4 is 22.8 Å². The number of benzene rings is 1. The van der Waals surface area contributed by atoms with E-state index < -0.39 is 23.4 Å². The first-order valence-corrected chi connectivity index (χ1v) is 11.2. The Bertz CT molecular complexity index is 1470. The molecule has 0 aliphatic carbocycles. The van der Waals surface area contributed by atoms with Crippen molar-refractivity contribution in [1.82, 2.24) is 14.9 Å². The molecule has 2 aliphatic rings. The molecule has 0 unspecified atom stereocenters. The molecule has 0 saturated carbocycles. The number of hydrogen-bond donors (Lipinski definition) is 3. The third-order valence-electron chi connectivity index (χ3n) is 6.21. The normalized spacial score (nSPS) is 15.8. The van der Waals surface area contributed by atoms with E-state index in [1.165, 1.54) is 10.6 Å². The van der Waals surface area contributed by atoms with E-state index >= 15 is 0 Å². The minimum Gasteiger partial charge on any atom is -0.490 e. The van der Waals surface area contributed by atoms with Gasteiger partial charge in [0.1, 0.15) is 31.5 Å². The van der Waals surface area contributed by atoms with Gasteiger partial charge in [-0.05, 0) is 24.6 Å². The van der Waals surface area contributed by atoms with Crippen molar-refractivity contribution in [1.29, 1.82) is 0 Å². The van der Waals surface area contributed by atoms with Crippen LogP contribution in [0.4, 0.5) is 4.39 Å². The lowest BCUT2D eigenvalue weighted by atomic mass is 10.00. The van der Waals surface area contributed by atoms with Gasteiger partial charge in [0.25, 0.3) is 5.56 Å². The van der Waals surface area contributed by atoms with Crippen LogP contribution in [-0.4, -0.2) is 53.0 Å². The van der Waals surface area contributed by atoms with E-state index in [2.05, 4.69) is 10.3 Å². The van der Waals surface area contributed by atoms with Crippen LogP contribution in [0.15, 0.2) is 23.0 Å². The maximum atomic E-state index is 14.4. The van der Waals surface area contributed by atoms with E-state index in [4.69, 9.17) is 19.9 Å². The molecule has 11 nitrogen and oxygen atoms in total. The summed E-state index contributed by atoms with van der Waals surface area (Å²) < 4.78 is 32.2. The first-order chi connectivity index (χ1) is 17.3. The zero-order valence-corrected chi connectivity index (χ0v) is 19.3. The third-order valence-corrected chi connectivity index (χ3v) is 6.21. The summed E-state index contributed by atoms with van der Waals surface area (Å²) >= 11 is 0. The summed E-state index contributed by atoms with van der Waals surface area (Å²) in [5.74, 6) is -1.21. The SMILES string of the molecule is Cc1cc2c(OCCOCNC(=O)CN)c3c(nc2cc1F)-c1cc2c(c(=O)n1C3)COC(=O)[C@H]2O. The largest absolute Gasteiger partial charge is 0.490 e. The number of aromatic nitrogens is 2. The Morgan fingerprint density at radius 3 is 2.89 bits per heavy atom. The molecule has 12 heteroatoms. The van der Waals surface area contributed by atoms with Crippen LogP contribution in [0.3, 0.4) is 0 Å². The molecule has 0 fully saturated rings. The van der Waals surface area contributed by atoms with Crippen molar-refractivity contribution in [2.24, 2.45) is 5.73 Å². The summed E-state index contributed by atoms with van der Waals surface area (Å²) in [5, 5.41) is 13.3. The van der Waals surface area contributed by atoms with Crippen molar-refractivity contribution < 1.29 is 33.3 Å². The molecule has 5 rings (SSSR count). The fourth-order valence-corrected chi connectivity index (χ4v) is 4.36. The van der Waals surface area contributed by atoms with Gasteiger partial charge in [0.05, 0.1) is 42.2 Å². The van der Waals surface area contributed by atoms with Crippen molar-refractivity contribution in [3.05, 3.63) is 56.6 Å². The Labute approximate surface area is 203 Å². The molecule has 0 bridgehead atoms. The van der Waals surface area contributed by atoms with Gasteiger partial charge in [0, 0.05) is 22.6 Å². The highest BCUT2D eigenvalue weighted by molar-refractivity contribution is 5.91. The molecule has 2 aromatic heterocycles. The number of nitrogens with one attached hydrogen (secondary N) is 1. The summed E-state index contributed by atoms with van der Waals surface area (Å²) in [6.45, 7) is 1.57. The van der Waals surface area contributed by atoms with Crippen LogP contribution in [0, 0.1) is 12.7 Å². The molecule has 0 saturated heterocycles. The molecule has 1 aromatic carbocycles. The number of pyridine rings is 2. The zero-order chi connectivity index (χ0) is 25.6. The quantitative estimate of drug-likeness (QED) is 0.186. The number of rotatable bonds is 7. The van der Waals surface area contributed by atoms with Crippen LogP contribution >= 0.6 is 0 Å². The number of nitrogens with zero attached hydrogens (tertiary/aromatic N) is 2. The summed E-state index contributed by atoms with van der Waals surface area (Å²) in [6.07, 6.45) is -1.58. The number of fused-ring (bicyclic) bond motifs is 5. The van der Waals surface area contributed by atoms with E-state index in [0.717, 1.165) is 0 Å². The van der Waals surface area contributed by atoms with E-state index in [9.17, 15) is 23.9 Å². The lowest BCUT2D eigenvalue weighted by Gasteiger charge is -2.21. The standard InChI is InChI=1S/C24H23FN4O7/c1-11-4-13-17(6-16(11)25)28-20-14(22(13)35-3-2-34-10-27-19(30)7-26)8-29-18(20)5-12-15(23(29)32)9-36-24(33)21(12)31/h4-6,21,31H,2-3,7-10,26H2,1H3,(H,27,30)/t21-/m0/s1. The number of ether oxygens (including phenoxy) is 3. The predicted molar refractivity (Wildman–Crippen MR) is 124 cm³/mol. The smallest absolute Gasteiger partial charge is 0.340 e. The van der Waals surface area contributed by atoms with Crippen LogP contribution in [-0.2, 0) is 32.2 Å². The average molecular weight is 498 g/mol. The van der Waals surface area contributed by atoms with Gasteiger partial charge in [-0.15, -0.1) is 0 Å². The van der Waals surface area contributed by atoms with Gasteiger partial charge in [-0.3, -0.25) is 9.59 Å². The number of aryl methyl sites for hydroxylation is 1. The first-order valence-electron chi connectivity index (χ1n) is 11.2. The van der Waals surface area contributed by atoms with Crippen molar-refractivity contribution in [3.8, 4) is 17.1 Å². The number of aliphatic hydroxyl groups excluding tert-OH is 1. The Morgan fingerprint density at radius 2 is 2.11 bits per heavy atom. The zero-order valence-electron chi connectivity index (χ0n) is 19.3. The van der Waals surface area contributed by atoms with Gasteiger partial charge in [-0.25, -0.2) is 14.2 Å². The fraction of sp³-hybridized carbons (Fsp3) is 0.333. The second-order valence-electron chi connectivity index (χ2n) is 8.46. The molecule has 1 amide bonds. The van der Waals surface area contributed by atoms with Crippen molar-refractivity contribution in [2.45, 2.75) is 26.2 Å². The molecule has 2 aliphatic heterocycles. The molecule has 3 aromatic rings. The maximum Gasteiger partial charge on any atom is 0.340 e. The van der Waals surface area contributed by atoms with Gasteiger partial charge in [0.2, 0.25) is 5.91 Å². The second kappa shape index (κ2) is 9.30. The molecule has 0 spiro atoms. The molecular formula is C24H23FN4O7. The predicted octanol–water partition coefficient (Wildman–Crippen LogP) is 0.391. The summed E-state index contributed by atoms with van der Waals surface area (Å²) in [6, 6.07) is 4.47. The highest BCUT2D eigenvalue weighted by atomic mass is 19.1. The Morgan fingerprint density at radius 1 is 1.31 bits per heavy atom. The van der Waals surface area contributed by atoms with Crippen LogP contribution in [0.25, 0.3) is 22.3 Å². The van der Waals surface area contributed by atoms with Crippen LogP contribution < -0.4 is 21.3 Å². The third kappa shape index (κ3) is 3.98. The molecule has 0 radical (unpaired) electrons. The Hall–Kier alpha value is -3.87. The first kappa shape index (κ1) is 23.9. The van der Waals surface area contributed by atoms with Gasteiger partial charge < -0.3 is 34.9 Å². The van der Waals surface area contributed by atoms with E-state index in [1.54, 1.807) is 19.1 Å². The highest BCUT2D eigenvalue weighted by Crippen LogP contribution is 2.42. The second-order valence-corrected chi connectivity index (χ2v) is 8.46. The number of aliphatic hydroxyl groups is 1. The molecule has 4 N–H and O–H groups in total. The molecular weight excluding hydrogens is 475 g/mol. The fourth-order valence-electron chi connectivity index (χ4n) is 4.36. The van der Waals surface area contributed by atoms with Crippen LogP contribution in [0.1, 0.15) is 28.4 Å². The lowest BCUT2D eigenvalue weighted by molar-refractivity contribution is -0.157. The number of cyclic esters (lactones) is 1. The van der Waals surface area contributed by atoms with Gasteiger partial charge in [0.15, 0.2) is 6.10 Å². The highest BCUT2D eigenvalue weighted by Gasteiger charge is 2.35. The van der Waals surface area contributed by atoms with Gasteiger partial charge in [-0.1, -0.05) is 0 Å². The number of amides is 1. The topological polar surface area (TPSA) is 155 Å². The lowest BCUT2D eigenvalue weighted by Crippen LogP contribution is -2.32. The van der Waals surface area contributed by atoms with Crippen LogP contribution in [0.5, 0.6) is 5.75 Å². The average Bonchev–Trinajstić information content (AvgIpc) is 3.22. The number of halogens is 1. The van der Waals surface area contributed by atoms with Crippen molar-refractivity contribution in [2.75, 3.05) is 26.5 Å². The van der Waals surface area contributed by atoms with E-state index in [1.807, 2.05) is 0 Å². The number of nitrogens with two attached hydrogens (primary N) is 1. The Balaban J connectivity index is 1.54. The number of esters is 1. The molecule has 1 atom stereocenters. The monoisotopic (exact) mass is 498 g/mol. The van der Waals surface area contributed by atoms with Gasteiger partial charge >= 0.3 is 5.97 Å². The summed E-state index contributed by atoms with van der Waals surface area (Å²) in [5.41, 5.74) is 7.28. The van der Waals surface area contributed by atoms with Gasteiger partial charge in [-0.2, -0.15) is 0 Å². The maximum absolute atomic E-state index is 14.4. The van der Waals surface area contributed by atoms with E-state index in [-0.39, 0.29) is 56.7 Å². The number of carbonyl (C=O) groups excluding carboxylic acids is 2. The summed E-state index contributed by atoms with van der Waals surface area (Å²) in [4.78, 5) is 40.9. The Kier molecular flexibility index (Phi) is 6.16. The minimum atomic E-state index is -1.58. The van der Waals surface area contributed by atoms with E-state index in [0.29, 0.717) is 39.2 Å². The number of hydrogen-bond acceptors (Lipinski definition) is 9. The van der Waals surface area contributed by atoms with Crippen LogP contribution in [0.2, 0.25) is 0 Å².